The lowest BCUT2D eigenvalue weighted by Crippen LogP contribution is -2.38. The van der Waals surface area contributed by atoms with Crippen LogP contribution in [0.5, 0.6) is 0 Å². The maximum Gasteiger partial charge on any atom is 0.0472 e. The second kappa shape index (κ2) is 7.88. The molecule has 0 amide bonds. The van der Waals surface area contributed by atoms with E-state index in [2.05, 4.69) is 32.2 Å². The highest BCUT2D eigenvalue weighted by Gasteiger charge is 2.17. The van der Waals surface area contributed by atoms with Crippen molar-refractivity contribution in [2.24, 2.45) is 0 Å². The Morgan fingerprint density at radius 3 is 2.53 bits per heavy atom. The molecule has 1 atom stereocenters. The predicted octanol–water partition coefficient (Wildman–Crippen LogP) is 4.24. The minimum Gasteiger partial charge on any atom is -0.382 e. The normalized spacial score (nSPS) is 13.5. The molecule has 0 bridgehead atoms. The van der Waals surface area contributed by atoms with E-state index in [4.69, 9.17) is 16.3 Å². The van der Waals surface area contributed by atoms with Crippen LogP contribution in [-0.4, -0.2) is 25.3 Å². The molecule has 0 saturated carbocycles. The highest BCUT2D eigenvalue weighted by molar-refractivity contribution is 6.31. The molecule has 1 aromatic rings. The Kier molecular flexibility index (Phi) is 6.84. The van der Waals surface area contributed by atoms with Gasteiger partial charge in [-0.3, -0.25) is 0 Å². The van der Waals surface area contributed by atoms with Crippen molar-refractivity contribution in [3.8, 4) is 0 Å². The first-order chi connectivity index (χ1) is 8.94. The van der Waals surface area contributed by atoms with Gasteiger partial charge >= 0.3 is 0 Å². The Labute approximate surface area is 122 Å². The summed E-state index contributed by atoms with van der Waals surface area (Å²) in [6.45, 7) is 11.0. The fraction of sp³-hybridized carbons (Fsp3) is 0.625. The van der Waals surface area contributed by atoms with Crippen LogP contribution in [-0.2, 0) is 4.74 Å². The summed E-state index contributed by atoms with van der Waals surface area (Å²) in [5.41, 5.74) is 1.33. The largest absolute Gasteiger partial charge is 0.382 e. The van der Waals surface area contributed by atoms with Gasteiger partial charge in [0.15, 0.2) is 0 Å². The van der Waals surface area contributed by atoms with E-state index >= 15 is 0 Å². The SMILES string of the molecule is CCOCCC(CNC(C)(C)C)c1ccccc1Cl. The van der Waals surface area contributed by atoms with E-state index in [1.54, 1.807) is 0 Å². The highest BCUT2D eigenvalue weighted by Crippen LogP contribution is 2.27. The van der Waals surface area contributed by atoms with Gasteiger partial charge in [0.1, 0.15) is 0 Å². The van der Waals surface area contributed by atoms with Crippen LogP contribution in [0.3, 0.4) is 0 Å². The van der Waals surface area contributed by atoms with Gasteiger partial charge in [0.05, 0.1) is 0 Å². The molecule has 0 fully saturated rings. The Hall–Kier alpha value is -0.570. The fourth-order valence-corrected chi connectivity index (χ4v) is 2.26. The maximum absolute atomic E-state index is 6.31. The Balaban J connectivity index is 2.71. The standard InChI is InChI=1S/C16H26ClNO/c1-5-19-11-10-13(12-18-16(2,3)4)14-8-6-7-9-15(14)17/h6-9,13,18H,5,10-12H2,1-4H3. The predicted molar refractivity (Wildman–Crippen MR) is 83.1 cm³/mol. The average molecular weight is 284 g/mol. The summed E-state index contributed by atoms with van der Waals surface area (Å²) in [6, 6.07) is 8.10. The number of hydrogen-bond acceptors (Lipinski definition) is 2. The third-order valence-electron chi connectivity index (χ3n) is 3.04. The molecular formula is C16H26ClNO. The van der Waals surface area contributed by atoms with E-state index in [0.717, 1.165) is 31.2 Å². The summed E-state index contributed by atoms with van der Waals surface area (Å²) in [5.74, 6) is 0.388. The molecule has 0 aliphatic carbocycles. The number of ether oxygens (including phenoxy) is 1. The van der Waals surface area contributed by atoms with E-state index in [1.165, 1.54) is 5.56 Å². The molecule has 1 aromatic carbocycles. The lowest BCUT2D eigenvalue weighted by molar-refractivity contribution is 0.138. The van der Waals surface area contributed by atoms with Gasteiger partial charge in [0, 0.05) is 36.2 Å². The molecule has 0 saturated heterocycles. The molecule has 1 unspecified atom stereocenters. The lowest BCUT2D eigenvalue weighted by atomic mass is 9.94. The van der Waals surface area contributed by atoms with Crippen LogP contribution in [0.4, 0.5) is 0 Å². The molecule has 0 aliphatic rings. The van der Waals surface area contributed by atoms with Crippen LogP contribution < -0.4 is 5.32 Å². The van der Waals surface area contributed by atoms with E-state index in [1.807, 2.05) is 25.1 Å². The van der Waals surface area contributed by atoms with Gasteiger partial charge in [-0.05, 0) is 45.7 Å². The van der Waals surface area contributed by atoms with Crippen LogP contribution in [0.15, 0.2) is 24.3 Å². The summed E-state index contributed by atoms with van der Waals surface area (Å²) in [5, 5.41) is 4.41. The average Bonchev–Trinajstić information content (AvgIpc) is 2.33. The number of benzene rings is 1. The second-order valence-corrected chi connectivity index (χ2v) is 6.24. The third kappa shape index (κ3) is 6.42. The van der Waals surface area contributed by atoms with E-state index in [0.29, 0.717) is 5.92 Å². The molecule has 2 nitrogen and oxygen atoms in total. The van der Waals surface area contributed by atoms with E-state index in [9.17, 15) is 0 Å². The van der Waals surface area contributed by atoms with Gasteiger partial charge in [-0.15, -0.1) is 0 Å². The van der Waals surface area contributed by atoms with Crippen molar-refractivity contribution < 1.29 is 4.74 Å². The molecule has 0 heterocycles. The summed E-state index contributed by atoms with van der Waals surface area (Å²) in [6.07, 6.45) is 0.987. The number of halogens is 1. The van der Waals surface area contributed by atoms with Crippen LogP contribution in [0.25, 0.3) is 0 Å². The van der Waals surface area contributed by atoms with Crippen LogP contribution in [0.2, 0.25) is 5.02 Å². The van der Waals surface area contributed by atoms with Gasteiger partial charge in [-0.25, -0.2) is 0 Å². The summed E-state index contributed by atoms with van der Waals surface area (Å²) in [4.78, 5) is 0. The summed E-state index contributed by atoms with van der Waals surface area (Å²) >= 11 is 6.31. The molecule has 3 heteroatoms. The van der Waals surface area contributed by atoms with Gasteiger partial charge < -0.3 is 10.1 Å². The molecular weight excluding hydrogens is 258 g/mol. The van der Waals surface area contributed by atoms with Gasteiger partial charge in [0.25, 0.3) is 0 Å². The molecule has 0 aliphatic heterocycles. The lowest BCUT2D eigenvalue weighted by Gasteiger charge is -2.26. The Morgan fingerprint density at radius 1 is 1.26 bits per heavy atom. The molecule has 0 aromatic heterocycles. The van der Waals surface area contributed by atoms with Crippen LogP contribution in [0.1, 0.15) is 45.6 Å². The highest BCUT2D eigenvalue weighted by atomic mass is 35.5. The molecule has 108 valence electrons. The van der Waals surface area contributed by atoms with Crippen molar-refractivity contribution in [2.75, 3.05) is 19.8 Å². The quantitative estimate of drug-likeness (QED) is 0.756. The van der Waals surface area contributed by atoms with E-state index < -0.39 is 0 Å². The first-order valence-corrected chi connectivity index (χ1v) is 7.39. The first-order valence-electron chi connectivity index (χ1n) is 7.01. The number of rotatable bonds is 7. The van der Waals surface area contributed by atoms with E-state index in [-0.39, 0.29) is 5.54 Å². The second-order valence-electron chi connectivity index (χ2n) is 5.83. The fourth-order valence-electron chi connectivity index (χ4n) is 1.97. The summed E-state index contributed by atoms with van der Waals surface area (Å²) in [7, 11) is 0. The Bertz CT molecular complexity index is 373. The third-order valence-corrected chi connectivity index (χ3v) is 3.38. The Morgan fingerprint density at radius 2 is 1.95 bits per heavy atom. The van der Waals surface area contributed by atoms with Crippen molar-refractivity contribution in [1.29, 1.82) is 0 Å². The van der Waals surface area contributed by atoms with Crippen molar-refractivity contribution in [2.45, 2.75) is 45.6 Å². The first kappa shape index (κ1) is 16.5. The zero-order chi connectivity index (χ0) is 14.3. The maximum atomic E-state index is 6.31. The summed E-state index contributed by atoms with van der Waals surface area (Å²) < 4.78 is 5.49. The van der Waals surface area contributed by atoms with Crippen LogP contribution in [0, 0.1) is 0 Å². The van der Waals surface area contributed by atoms with Gasteiger partial charge in [-0.2, -0.15) is 0 Å². The molecule has 19 heavy (non-hydrogen) atoms. The van der Waals surface area contributed by atoms with Crippen molar-refractivity contribution in [3.05, 3.63) is 34.9 Å². The zero-order valence-electron chi connectivity index (χ0n) is 12.5. The topological polar surface area (TPSA) is 21.3 Å². The molecule has 1 N–H and O–H groups in total. The van der Waals surface area contributed by atoms with Crippen molar-refractivity contribution in [1.82, 2.24) is 5.32 Å². The van der Waals surface area contributed by atoms with Gasteiger partial charge in [0.2, 0.25) is 0 Å². The minimum absolute atomic E-state index is 0.116. The van der Waals surface area contributed by atoms with Crippen LogP contribution >= 0.6 is 11.6 Å². The number of nitrogens with one attached hydrogen (secondary N) is 1. The molecule has 0 spiro atoms. The molecule has 1 rings (SSSR count). The van der Waals surface area contributed by atoms with Crippen molar-refractivity contribution >= 4 is 11.6 Å². The van der Waals surface area contributed by atoms with Gasteiger partial charge in [-0.1, -0.05) is 29.8 Å². The smallest absolute Gasteiger partial charge is 0.0472 e. The zero-order valence-corrected chi connectivity index (χ0v) is 13.3. The monoisotopic (exact) mass is 283 g/mol. The van der Waals surface area contributed by atoms with Crippen molar-refractivity contribution in [3.63, 3.8) is 0 Å². The minimum atomic E-state index is 0.116. The molecule has 0 radical (unpaired) electrons. The number of hydrogen-bond donors (Lipinski definition) is 1.